The van der Waals surface area contributed by atoms with Gasteiger partial charge in [-0.2, -0.15) is 0 Å². The smallest absolute Gasteiger partial charge is 0.208 e. The fourth-order valence-corrected chi connectivity index (χ4v) is 4.30. The summed E-state index contributed by atoms with van der Waals surface area (Å²) in [6.07, 6.45) is 3.77. The van der Waals surface area contributed by atoms with Crippen LogP contribution in [-0.2, 0) is 0 Å². The Morgan fingerprint density at radius 3 is 2.79 bits per heavy atom. The number of nitrogens with zero attached hydrogens (tertiary/aromatic N) is 2. The van der Waals surface area contributed by atoms with Crippen molar-refractivity contribution in [2.45, 2.75) is 63.4 Å². The fourth-order valence-electron chi connectivity index (χ4n) is 3.05. The van der Waals surface area contributed by atoms with Gasteiger partial charge in [0, 0.05) is 11.3 Å². The van der Waals surface area contributed by atoms with E-state index in [0.29, 0.717) is 17.2 Å². The Morgan fingerprint density at radius 2 is 2.16 bits per heavy atom. The van der Waals surface area contributed by atoms with Crippen LogP contribution in [0.5, 0.6) is 0 Å². The summed E-state index contributed by atoms with van der Waals surface area (Å²) in [5.74, 6) is 2.43. The maximum atomic E-state index is 4.44. The maximum absolute atomic E-state index is 4.44. The van der Waals surface area contributed by atoms with E-state index in [-0.39, 0.29) is 0 Å². The first-order chi connectivity index (χ1) is 9.10. The number of hydrogen-bond donors (Lipinski definition) is 2. The van der Waals surface area contributed by atoms with Crippen molar-refractivity contribution in [2.24, 2.45) is 11.8 Å². The third kappa shape index (κ3) is 3.96. The van der Waals surface area contributed by atoms with Crippen LogP contribution in [0.2, 0.25) is 0 Å². The van der Waals surface area contributed by atoms with E-state index in [1.165, 1.54) is 19.3 Å². The highest BCUT2D eigenvalue weighted by Crippen LogP contribution is 2.38. The average molecular weight is 282 g/mol. The number of nitrogens with one attached hydrogen (secondary N) is 2. The number of aromatic amines is 1. The summed E-state index contributed by atoms with van der Waals surface area (Å²) >= 11 is 1.84. The van der Waals surface area contributed by atoms with Crippen LogP contribution in [0.15, 0.2) is 5.16 Å². The Balaban J connectivity index is 2.04. The molecule has 1 aromatic rings. The number of aromatic nitrogens is 3. The molecule has 0 aliphatic heterocycles. The standard InChI is InChI=1S/C14H26N4S/c1-5-6-15-12-8-9(2)7-10(3)13(12)19-14-16-11(4)17-18-14/h9-10,12-13,15H,5-8H2,1-4H3,(H,16,17,18). The molecule has 2 rings (SSSR count). The van der Waals surface area contributed by atoms with Crippen LogP contribution in [0.4, 0.5) is 0 Å². The summed E-state index contributed by atoms with van der Waals surface area (Å²) in [6.45, 7) is 10.0. The normalized spacial score (nSPS) is 31.6. The molecule has 108 valence electrons. The summed E-state index contributed by atoms with van der Waals surface area (Å²) in [5.41, 5.74) is 0. The van der Waals surface area contributed by atoms with Gasteiger partial charge in [-0.05, 0) is 44.6 Å². The molecule has 1 aliphatic rings. The molecule has 0 bridgehead atoms. The predicted octanol–water partition coefficient (Wildman–Crippen LogP) is 3.01. The van der Waals surface area contributed by atoms with Crippen molar-refractivity contribution in [1.82, 2.24) is 20.5 Å². The summed E-state index contributed by atoms with van der Waals surface area (Å²) < 4.78 is 0. The van der Waals surface area contributed by atoms with Crippen molar-refractivity contribution in [3.63, 3.8) is 0 Å². The van der Waals surface area contributed by atoms with Crippen LogP contribution in [0.3, 0.4) is 0 Å². The number of aryl methyl sites for hydroxylation is 1. The van der Waals surface area contributed by atoms with E-state index in [0.717, 1.165) is 23.4 Å². The van der Waals surface area contributed by atoms with E-state index in [2.05, 4.69) is 41.3 Å². The second-order valence-corrected chi connectivity index (χ2v) is 7.05. The van der Waals surface area contributed by atoms with Crippen LogP contribution in [0.1, 0.15) is 45.9 Å². The molecular weight excluding hydrogens is 256 g/mol. The highest BCUT2D eigenvalue weighted by atomic mass is 32.2. The van der Waals surface area contributed by atoms with Crippen LogP contribution >= 0.6 is 11.8 Å². The summed E-state index contributed by atoms with van der Waals surface area (Å²) in [7, 11) is 0. The van der Waals surface area contributed by atoms with E-state index in [1.807, 2.05) is 18.7 Å². The Hall–Kier alpha value is -0.550. The minimum atomic E-state index is 0.581. The van der Waals surface area contributed by atoms with Gasteiger partial charge in [0.15, 0.2) is 0 Å². The number of H-pyrrole nitrogens is 1. The minimum absolute atomic E-state index is 0.581. The predicted molar refractivity (Wildman–Crippen MR) is 80.4 cm³/mol. The zero-order chi connectivity index (χ0) is 13.8. The molecule has 0 saturated heterocycles. The monoisotopic (exact) mass is 282 g/mol. The van der Waals surface area contributed by atoms with Crippen molar-refractivity contribution in [3.8, 4) is 0 Å². The fraction of sp³-hybridized carbons (Fsp3) is 0.857. The lowest BCUT2D eigenvalue weighted by Crippen LogP contribution is -2.46. The molecule has 1 aliphatic carbocycles. The third-order valence-corrected chi connectivity index (χ3v) is 5.32. The van der Waals surface area contributed by atoms with Gasteiger partial charge in [-0.15, -0.1) is 5.10 Å². The molecule has 2 N–H and O–H groups in total. The summed E-state index contributed by atoms with van der Waals surface area (Å²) in [4.78, 5) is 4.44. The Labute approximate surface area is 120 Å². The van der Waals surface area contributed by atoms with E-state index < -0.39 is 0 Å². The molecule has 1 aromatic heterocycles. The van der Waals surface area contributed by atoms with Crippen LogP contribution < -0.4 is 5.32 Å². The first kappa shape index (κ1) is 14.9. The molecule has 5 heteroatoms. The van der Waals surface area contributed by atoms with Gasteiger partial charge in [-0.25, -0.2) is 4.98 Å². The Kier molecular flexibility index (Phi) is 5.28. The van der Waals surface area contributed by atoms with Gasteiger partial charge in [0.05, 0.1) is 0 Å². The molecule has 1 heterocycles. The number of thioether (sulfide) groups is 1. The molecule has 19 heavy (non-hydrogen) atoms. The molecule has 4 atom stereocenters. The van der Waals surface area contributed by atoms with Gasteiger partial charge in [0.25, 0.3) is 0 Å². The van der Waals surface area contributed by atoms with Crippen LogP contribution in [0.25, 0.3) is 0 Å². The average Bonchev–Trinajstić information content (AvgIpc) is 2.76. The first-order valence-electron chi connectivity index (χ1n) is 7.39. The lowest BCUT2D eigenvalue weighted by molar-refractivity contribution is 0.249. The zero-order valence-electron chi connectivity index (χ0n) is 12.4. The van der Waals surface area contributed by atoms with Gasteiger partial charge >= 0.3 is 0 Å². The van der Waals surface area contributed by atoms with Gasteiger partial charge in [-0.3, -0.25) is 5.10 Å². The van der Waals surface area contributed by atoms with Gasteiger partial charge in [0.1, 0.15) is 5.82 Å². The highest BCUT2D eigenvalue weighted by Gasteiger charge is 2.35. The quantitative estimate of drug-likeness (QED) is 0.871. The lowest BCUT2D eigenvalue weighted by Gasteiger charge is -2.39. The van der Waals surface area contributed by atoms with Gasteiger partial charge in [-0.1, -0.05) is 32.5 Å². The van der Waals surface area contributed by atoms with Crippen molar-refractivity contribution in [1.29, 1.82) is 0 Å². The largest absolute Gasteiger partial charge is 0.313 e. The molecule has 4 nitrogen and oxygen atoms in total. The lowest BCUT2D eigenvalue weighted by atomic mass is 9.80. The molecule has 1 fully saturated rings. The minimum Gasteiger partial charge on any atom is -0.313 e. The van der Waals surface area contributed by atoms with Crippen molar-refractivity contribution in [2.75, 3.05) is 6.54 Å². The van der Waals surface area contributed by atoms with E-state index in [4.69, 9.17) is 0 Å². The molecule has 0 radical (unpaired) electrons. The van der Waals surface area contributed by atoms with Crippen molar-refractivity contribution in [3.05, 3.63) is 5.82 Å². The second-order valence-electron chi connectivity index (χ2n) is 5.90. The molecule has 0 spiro atoms. The topological polar surface area (TPSA) is 53.6 Å². The van der Waals surface area contributed by atoms with Crippen molar-refractivity contribution < 1.29 is 0 Å². The van der Waals surface area contributed by atoms with Crippen LogP contribution in [0, 0.1) is 18.8 Å². The molecule has 4 unspecified atom stereocenters. The summed E-state index contributed by atoms with van der Waals surface area (Å²) in [6, 6.07) is 0.586. The SMILES string of the molecule is CCCNC1CC(C)CC(C)C1Sc1n[nH]c(C)n1. The van der Waals surface area contributed by atoms with E-state index >= 15 is 0 Å². The number of hydrogen-bond acceptors (Lipinski definition) is 4. The molecule has 1 saturated carbocycles. The van der Waals surface area contributed by atoms with Gasteiger partial charge in [0.2, 0.25) is 5.16 Å². The molecular formula is C14H26N4S. The Morgan fingerprint density at radius 1 is 1.37 bits per heavy atom. The highest BCUT2D eigenvalue weighted by molar-refractivity contribution is 7.99. The van der Waals surface area contributed by atoms with Crippen LogP contribution in [-0.4, -0.2) is 33.0 Å². The molecule has 0 aromatic carbocycles. The zero-order valence-corrected chi connectivity index (χ0v) is 13.3. The maximum Gasteiger partial charge on any atom is 0.208 e. The van der Waals surface area contributed by atoms with E-state index in [9.17, 15) is 0 Å². The van der Waals surface area contributed by atoms with Crippen molar-refractivity contribution >= 4 is 11.8 Å². The second kappa shape index (κ2) is 6.75. The number of rotatable bonds is 5. The Bertz CT molecular complexity index is 393. The van der Waals surface area contributed by atoms with Gasteiger partial charge < -0.3 is 5.32 Å². The first-order valence-corrected chi connectivity index (χ1v) is 8.27. The molecule has 0 amide bonds. The third-order valence-electron chi connectivity index (χ3n) is 3.86. The van der Waals surface area contributed by atoms with E-state index in [1.54, 1.807) is 0 Å². The summed E-state index contributed by atoms with van der Waals surface area (Å²) in [5, 5.41) is 12.4.